The van der Waals surface area contributed by atoms with E-state index in [0.717, 1.165) is 5.56 Å². The van der Waals surface area contributed by atoms with E-state index < -0.39 is 6.23 Å². The van der Waals surface area contributed by atoms with Gasteiger partial charge in [-0.3, -0.25) is 0 Å². The van der Waals surface area contributed by atoms with Crippen LogP contribution in [0.2, 0.25) is 0 Å². The number of hydrogen-bond donors (Lipinski definition) is 2. The zero-order chi connectivity index (χ0) is 7.40. The van der Waals surface area contributed by atoms with E-state index >= 15 is 0 Å². The molecule has 1 radical (unpaired) electrons. The van der Waals surface area contributed by atoms with Crippen molar-refractivity contribution in [2.45, 2.75) is 6.23 Å². The van der Waals surface area contributed by atoms with E-state index in [1.165, 1.54) is 0 Å². The Morgan fingerprint density at radius 1 is 1.30 bits per heavy atom. The molecule has 0 aromatic heterocycles. The lowest BCUT2D eigenvalue weighted by atomic mass is 10.1. The fourth-order valence-corrected chi connectivity index (χ4v) is 0.761. The molecule has 0 bridgehead atoms. The molecule has 0 aliphatic carbocycles. The van der Waals surface area contributed by atoms with Gasteiger partial charge in [0.2, 0.25) is 0 Å². The van der Waals surface area contributed by atoms with Crippen LogP contribution in [0.15, 0.2) is 30.3 Å². The fraction of sp³-hybridized carbons (Fsp3) is 0.125. The van der Waals surface area contributed by atoms with Crippen molar-refractivity contribution < 1.29 is 5.11 Å². The van der Waals surface area contributed by atoms with Crippen LogP contribution < -0.4 is 5.73 Å². The molecule has 0 unspecified atom stereocenters. The van der Waals surface area contributed by atoms with Crippen LogP contribution in [0.3, 0.4) is 0 Å². The van der Waals surface area contributed by atoms with Crippen molar-refractivity contribution in [3.05, 3.63) is 42.3 Å². The molecule has 1 rings (SSSR count). The lowest BCUT2D eigenvalue weighted by Crippen LogP contribution is -2.19. The highest BCUT2D eigenvalue weighted by Gasteiger charge is 1.96. The quantitative estimate of drug-likeness (QED) is 0.582. The Balaban J connectivity index is 2.59. The highest BCUT2D eigenvalue weighted by molar-refractivity contribution is 5.23. The molecule has 10 heavy (non-hydrogen) atoms. The van der Waals surface area contributed by atoms with Crippen LogP contribution in [0.25, 0.3) is 0 Å². The van der Waals surface area contributed by atoms with Crippen molar-refractivity contribution in [3.8, 4) is 0 Å². The van der Waals surface area contributed by atoms with E-state index in [1.807, 2.05) is 30.3 Å². The van der Waals surface area contributed by atoms with E-state index in [-0.39, 0.29) is 0 Å². The lowest BCUT2D eigenvalue weighted by Gasteiger charge is -2.01. The van der Waals surface area contributed by atoms with Crippen molar-refractivity contribution in [1.29, 1.82) is 0 Å². The molecule has 1 aromatic rings. The molecule has 1 atom stereocenters. The van der Waals surface area contributed by atoms with Gasteiger partial charge in [0.1, 0.15) is 6.23 Å². The Morgan fingerprint density at radius 2 is 1.90 bits per heavy atom. The first kappa shape index (κ1) is 7.25. The first-order chi connectivity index (χ1) is 4.79. The topological polar surface area (TPSA) is 46.2 Å². The summed E-state index contributed by atoms with van der Waals surface area (Å²) >= 11 is 0. The second-order valence-electron chi connectivity index (χ2n) is 2.07. The molecule has 2 nitrogen and oxygen atoms in total. The number of aliphatic hydroxyl groups is 1. The summed E-state index contributed by atoms with van der Waals surface area (Å²) in [5.74, 6) is 0. The van der Waals surface area contributed by atoms with Crippen LogP contribution in [0.5, 0.6) is 0 Å². The van der Waals surface area contributed by atoms with E-state index in [0.29, 0.717) is 0 Å². The Morgan fingerprint density at radius 3 is 2.40 bits per heavy atom. The average Bonchev–Trinajstić information content (AvgIpc) is 1.88. The summed E-state index contributed by atoms with van der Waals surface area (Å²) < 4.78 is 0. The first-order valence-corrected chi connectivity index (χ1v) is 3.12. The molecule has 0 saturated carbocycles. The molecule has 0 heterocycles. The van der Waals surface area contributed by atoms with Crippen LogP contribution in [-0.2, 0) is 0 Å². The van der Waals surface area contributed by atoms with Crippen LogP contribution in [0.1, 0.15) is 5.56 Å². The monoisotopic (exact) mass is 136 g/mol. The lowest BCUT2D eigenvalue weighted by molar-refractivity contribution is 0.218. The van der Waals surface area contributed by atoms with Gasteiger partial charge in [-0.25, -0.2) is 0 Å². The summed E-state index contributed by atoms with van der Waals surface area (Å²) in [4.78, 5) is 0. The predicted molar refractivity (Wildman–Crippen MR) is 40.0 cm³/mol. The molecule has 0 saturated heterocycles. The standard InChI is InChI=1S/C8H10NO/c9-8(10)6-7-4-2-1-3-5-7/h1-6,8,10H,9H2/t8-/m1/s1. The number of rotatable bonds is 2. The summed E-state index contributed by atoms with van der Waals surface area (Å²) in [6.07, 6.45) is 0.724. The molecule has 53 valence electrons. The van der Waals surface area contributed by atoms with Crippen molar-refractivity contribution in [2.75, 3.05) is 0 Å². The minimum atomic E-state index is -0.859. The Kier molecular flexibility index (Phi) is 2.42. The summed E-state index contributed by atoms with van der Waals surface area (Å²) in [6.45, 7) is 0. The SMILES string of the molecule is N[C@H](O)[CH]c1ccccc1. The molecule has 0 amide bonds. The van der Waals surface area contributed by atoms with E-state index in [4.69, 9.17) is 10.8 Å². The van der Waals surface area contributed by atoms with Crippen molar-refractivity contribution in [2.24, 2.45) is 5.73 Å². The van der Waals surface area contributed by atoms with Crippen molar-refractivity contribution in [1.82, 2.24) is 0 Å². The van der Waals surface area contributed by atoms with E-state index in [2.05, 4.69) is 0 Å². The van der Waals surface area contributed by atoms with Crippen molar-refractivity contribution in [3.63, 3.8) is 0 Å². The first-order valence-electron chi connectivity index (χ1n) is 3.12. The average molecular weight is 136 g/mol. The van der Waals surface area contributed by atoms with Gasteiger partial charge in [-0.05, 0) is 5.56 Å². The van der Waals surface area contributed by atoms with E-state index in [9.17, 15) is 0 Å². The van der Waals surface area contributed by atoms with Crippen LogP contribution in [0, 0.1) is 6.42 Å². The zero-order valence-electron chi connectivity index (χ0n) is 5.57. The van der Waals surface area contributed by atoms with Gasteiger partial charge in [-0.15, -0.1) is 0 Å². The van der Waals surface area contributed by atoms with Gasteiger partial charge < -0.3 is 10.8 Å². The van der Waals surface area contributed by atoms with Gasteiger partial charge in [-0.2, -0.15) is 0 Å². The molecule has 0 spiro atoms. The second kappa shape index (κ2) is 3.34. The van der Waals surface area contributed by atoms with E-state index in [1.54, 1.807) is 6.42 Å². The van der Waals surface area contributed by atoms with Gasteiger partial charge in [0.15, 0.2) is 0 Å². The highest BCUT2D eigenvalue weighted by atomic mass is 16.3. The Bertz CT molecular complexity index is 184. The minimum Gasteiger partial charge on any atom is -0.378 e. The summed E-state index contributed by atoms with van der Waals surface area (Å²) in [5, 5.41) is 8.73. The molecular weight excluding hydrogens is 126 g/mol. The fourth-order valence-electron chi connectivity index (χ4n) is 0.761. The molecule has 0 aliphatic rings. The third-order valence-electron chi connectivity index (χ3n) is 1.16. The maximum Gasteiger partial charge on any atom is 0.110 e. The van der Waals surface area contributed by atoms with Crippen LogP contribution in [0.4, 0.5) is 0 Å². The molecular formula is C8H10NO. The molecule has 1 aromatic carbocycles. The third-order valence-corrected chi connectivity index (χ3v) is 1.16. The molecule has 0 fully saturated rings. The Labute approximate surface area is 60.3 Å². The molecule has 2 heteroatoms. The highest BCUT2D eigenvalue weighted by Crippen LogP contribution is 2.01. The predicted octanol–water partition coefficient (Wildman–Crippen LogP) is 0.516. The normalized spacial score (nSPS) is 13.0. The maximum absolute atomic E-state index is 8.73. The number of benzene rings is 1. The van der Waals surface area contributed by atoms with Crippen LogP contribution >= 0.6 is 0 Å². The van der Waals surface area contributed by atoms with Gasteiger partial charge in [0.05, 0.1) is 0 Å². The summed E-state index contributed by atoms with van der Waals surface area (Å²) in [5.41, 5.74) is 6.07. The molecule has 3 N–H and O–H groups in total. The number of hydrogen-bond acceptors (Lipinski definition) is 2. The van der Waals surface area contributed by atoms with Crippen molar-refractivity contribution >= 4 is 0 Å². The summed E-state index contributed by atoms with van der Waals surface area (Å²) in [7, 11) is 0. The summed E-state index contributed by atoms with van der Waals surface area (Å²) in [6, 6.07) is 9.48. The van der Waals surface area contributed by atoms with Gasteiger partial charge in [-0.1, -0.05) is 30.3 Å². The smallest absolute Gasteiger partial charge is 0.110 e. The maximum atomic E-state index is 8.73. The Hall–Kier alpha value is -0.860. The number of aliphatic hydroxyl groups excluding tert-OH is 1. The zero-order valence-corrected chi connectivity index (χ0v) is 5.57. The number of nitrogens with two attached hydrogens (primary N) is 1. The van der Waals surface area contributed by atoms with Gasteiger partial charge >= 0.3 is 0 Å². The third kappa shape index (κ3) is 2.17. The van der Waals surface area contributed by atoms with Gasteiger partial charge in [0, 0.05) is 6.42 Å². The second-order valence-corrected chi connectivity index (χ2v) is 2.07. The van der Waals surface area contributed by atoms with Gasteiger partial charge in [0.25, 0.3) is 0 Å². The van der Waals surface area contributed by atoms with Crippen LogP contribution in [-0.4, -0.2) is 11.3 Å². The molecule has 0 aliphatic heterocycles. The minimum absolute atomic E-state index is 0.859. The largest absolute Gasteiger partial charge is 0.378 e.